The van der Waals surface area contributed by atoms with Crippen LogP contribution in [0.4, 0.5) is 10.8 Å². The van der Waals surface area contributed by atoms with E-state index in [1.54, 1.807) is 23.5 Å². The number of aliphatic hydroxyl groups is 1. The Hall–Kier alpha value is -3.68. The Kier molecular flexibility index (Phi) is 8.29. The first-order chi connectivity index (χ1) is 18.9. The molecule has 0 amide bonds. The summed E-state index contributed by atoms with van der Waals surface area (Å²) in [5.74, 6) is -0.341. The van der Waals surface area contributed by atoms with E-state index in [9.17, 15) is 9.90 Å². The van der Waals surface area contributed by atoms with Gasteiger partial charge in [-0.3, -0.25) is 0 Å². The van der Waals surface area contributed by atoms with Gasteiger partial charge in [-0.2, -0.15) is 0 Å². The first kappa shape index (κ1) is 26.9. The molecule has 2 N–H and O–H groups in total. The molecule has 0 spiro atoms. The highest BCUT2D eigenvalue weighted by Crippen LogP contribution is 2.33. The smallest absolute Gasteiger partial charge is 0.335 e. The van der Waals surface area contributed by atoms with Gasteiger partial charge >= 0.3 is 5.97 Å². The minimum Gasteiger partial charge on any atom is -0.478 e. The summed E-state index contributed by atoms with van der Waals surface area (Å²) in [5, 5.41) is 21.9. The van der Waals surface area contributed by atoms with Crippen LogP contribution in [0.5, 0.6) is 0 Å². The number of aliphatic hydroxyl groups excluding tert-OH is 1. The van der Waals surface area contributed by atoms with Gasteiger partial charge in [0, 0.05) is 43.8 Å². The van der Waals surface area contributed by atoms with E-state index in [1.807, 2.05) is 19.2 Å². The number of carboxylic acid groups (broad SMARTS) is 1. The summed E-state index contributed by atoms with van der Waals surface area (Å²) in [7, 11) is 4.11. The highest BCUT2D eigenvalue weighted by atomic mass is 32.1. The molecule has 0 unspecified atom stereocenters. The number of benzene rings is 3. The molecule has 39 heavy (non-hydrogen) atoms. The average molecular weight is 542 g/mol. The number of thiazole rings is 1. The van der Waals surface area contributed by atoms with Gasteiger partial charge in [0.25, 0.3) is 0 Å². The second-order valence-corrected chi connectivity index (χ2v) is 11.4. The van der Waals surface area contributed by atoms with E-state index < -0.39 is 5.97 Å². The molecule has 1 fully saturated rings. The molecular weight excluding hydrogens is 506 g/mol. The number of anilines is 2. The van der Waals surface area contributed by atoms with E-state index in [1.165, 1.54) is 11.1 Å². The van der Waals surface area contributed by atoms with Crippen LogP contribution in [-0.4, -0.2) is 41.4 Å². The monoisotopic (exact) mass is 541 g/mol. The first-order valence-corrected chi connectivity index (χ1v) is 14.3. The highest BCUT2D eigenvalue weighted by Gasteiger charge is 2.20. The van der Waals surface area contributed by atoms with Crippen molar-refractivity contribution in [3.05, 3.63) is 100 Å². The molecule has 5 rings (SSSR count). The second-order valence-electron chi connectivity index (χ2n) is 10.5. The maximum atomic E-state index is 11.1. The lowest BCUT2D eigenvalue weighted by molar-refractivity contribution is 0.0697. The number of carboxylic acids is 1. The molecule has 1 heterocycles. The fourth-order valence-electron chi connectivity index (χ4n) is 5.22. The highest BCUT2D eigenvalue weighted by molar-refractivity contribution is 7.14. The van der Waals surface area contributed by atoms with Crippen molar-refractivity contribution < 1.29 is 15.0 Å². The van der Waals surface area contributed by atoms with Crippen LogP contribution in [0, 0.1) is 0 Å². The van der Waals surface area contributed by atoms with Crippen LogP contribution in [0.25, 0.3) is 11.3 Å². The number of aromatic nitrogens is 1. The van der Waals surface area contributed by atoms with Crippen molar-refractivity contribution in [3.63, 3.8) is 0 Å². The quantitative estimate of drug-likeness (QED) is 0.243. The molecule has 0 atom stereocenters. The van der Waals surface area contributed by atoms with Crippen molar-refractivity contribution in [2.75, 3.05) is 23.9 Å². The third-order valence-electron chi connectivity index (χ3n) is 7.61. The van der Waals surface area contributed by atoms with Crippen LogP contribution in [0.3, 0.4) is 0 Å². The Morgan fingerprint density at radius 2 is 1.44 bits per heavy atom. The summed E-state index contributed by atoms with van der Waals surface area (Å²) >= 11 is 1.60. The summed E-state index contributed by atoms with van der Waals surface area (Å²) in [6.45, 7) is 1.49. The number of rotatable bonds is 9. The predicted molar refractivity (Wildman–Crippen MR) is 159 cm³/mol. The van der Waals surface area contributed by atoms with Gasteiger partial charge in [-0.25, -0.2) is 9.78 Å². The van der Waals surface area contributed by atoms with Crippen molar-refractivity contribution in [1.82, 2.24) is 4.98 Å². The molecule has 4 aromatic rings. The number of nitrogens with zero attached hydrogens (tertiary/aromatic N) is 3. The summed E-state index contributed by atoms with van der Waals surface area (Å²) in [5.41, 5.74) is 7.19. The van der Waals surface area contributed by atoms with Crippen LogP contribution in [-0.2, 0) is 13.1 Å². The van der Waals surface area contributed by atoms with Crippen LogP contribution in [0.1, 0.15) is 58.6 Å². The molecule has 0 aliphatic heterocycles. The van der Waals surface area contributed by atoms with Gasteiger partial charge in [-0.1, -0.05) is 48.5 Å². The molecule has 7 heteroatoms. The van der Waals surface area contributed by atoms with E-state index in [0.717, 1.165) is 59.9 Å². The van der Waals surface area contributed by atoms with Crippen LogP contribution < -0.4 is 9.80 Å². The summed E-state index contributed by atoms with van der Waals surface area (Å²) < 4.78 is 0. The predicted octanol–water partition coefficient (Wildman–Crippen LogP) is 6.80. The zero-order valence-corrected chi connectivity index (χ0v) is 23.3. The molecule has 0 radical (unpaired) electrons. The maximum Gasteiger partial charge on any atom is 0.335 e. The molecule has 1 saturated carbocycles. The topological polar surface area (TPSA) is 76.9 Å². The Labute approximate surface area is 234 Å². The Morgan fingerprint density at radius 3 is 2.05 bits per heavy atom. The van der Waals surface area contributed by atoms with E-state index >= 15 is 0 Å². The molecule has 202 valence electrons. The first-order valence-electron chi connectivity index (χ1n) is 13.4. The Morgan fingerprint density at radius 1 is 0.846 bits per heavy atom. The van der Waals surface area contributed by atoms with Crippen LogP contribution in [0.2, 0.25) is 0 Å². The molecule has 0 saturated heterocycles. The van der Waals surface area contributed by atoms with Crippen LogP contribution >= 0.6 is 11.3 Å². The molecule has 1 aromatic heterocycles. The van der Waals surface area contributed by atoms with Gasteiger partial charge in [-0.05, 0) is 72.6 Å². The normalized spacial score (nSPS) is 17.1. The van der Waals surface area contributed by atoms with Gasteiger partial charge in [0.1, 0.15) is 0 Å². The second kappa shape index (κ2) is 12.0. The lowest BCUT2D eigenvalue weighted by Gasteiger charge is -2.26. The zero-order chi connectivity index (χ0) is 27.4. The number of hydrogen-bond donors (Lipinski definition) is 2. The average Bonchev–Trinajstić information content (AvgIpc) is 3.45. The van der Waals surface area contributed by atoms with Crippen molar-refractivity contribution in [2.24, 2.45) is 0 Å². The van der Waals surface area contributed by atoms with E-state index in [4.69, 9.17) is 10.1 Å². The van der Waals surface area contributed by atoms with Gasteiger partial charge in [-0.15, -0.1) is 11.3 Å². The minimum absolute atomic E-state index is 0.115. The lowest BCUT2D eigenvalue weighted by Crippen LogP contribution is -2.17. The molecule has 0 bridgehead atoms. The molecule has 1 aliphatic rings. The number of hydrogen-bond acceptors (Lipinski definition) is 6. The minimum atomic E-state index is -0.914. The van der Waals surface area contributed by atoms with Crippen molar-refractivity contribution in [1.29, 1.82) is 0 Å². The van der Waals surface area contributed by atoms with Gasteiger partial charge in [0.15, 0.2) is 5.13 Å². The number of carbonyl (C=O) groups is 1. The molecule has 6 nitrogen and oxygen atoms in total. The van der Waals surface area contributed by atoms with E-state index in [0.29, 0.717) is 18.0 Å². The molecular formula is C32H35N3O3S. The Balaban J connectivity index is 1.17. The van der Waals surface area contributed by atoms with Crippen molar-refractivity contribution >= 4 is 28.1 Å². The SMILES string of the molecule is CN(Cc1ccc([C@H]2CC[C@H](O)CC2)cc1)c1ccc(-c2csc(N(C)Cc3ccc(C(=O)O)cc3)n2)cc1. The molecule has 3 aromatic carbocycles. The van der Waals surface area contributed by atoms with Crippen molar-refractivity contribution in [3.8, 4) is 11.3 Å². The Bertz CT molecular complexity index is 1380. The van der Waals surface area contributed by atoms with E-state index in [-0.39, 0.29) is 6.10 Å². The zero-order valence-electron chi connectivity index (χ0n) is 22.5. The van der Waals surface area contributed by atoms with Gasteiger partial charge in [0.2, 0.25) is 0 Å². The number of aromatic carboxylic acids is 1. The lowest BCUT2D eigenvalue weighted by atomic mass is 9.82. The third kappa shape index (κ3) is 6.67. The summed E-state index contributed by atoms with van der Waals surface area (Å²) in [6.07, 6.45) is 3.86. The standard InChI is InChI=1S/C32H35N3O3S/c1-34(19-22-3-7-24(8-4-22)25-13-17-29(36)18-14-25)28-15-11-26(12-16-28)30-21-39-32(33-30)35(2)20-23-5-9-27(10-6-23)31(37)38/h3-12,15-16,21,25,29,36H,13-14,17-20H2,1-2H3,(H,37,38)/t25-,29-. The maximum absolute atomic E-state index is 11.1. The molecule has 1 aliphatic carbocycles. The van der Waals surface area contributed by atoms with Crippen LogP contribution in [0.15, 0.2) is 78.2 Å². The fraction of sp³-hybridized carbons (Fsp3) is 0.312. The van der Waals surface area contributed by atoms with Crippen molar-refractivity contribution in [2.45, 2.75) is 50.8 Å². The van der Waals surface area contributed by atoms with E-state index in [2.05, 4.69) is 70.8 Å². The summed E-state index contributed by atoms with van der Waals surface area (Å²) in [4.78, 5) is 20.2. The third-order valence-corrected chi connectivity index (χ3v) is 8.57. The largest absolute Gasteiger partial charge is 0.478 e. The van der Waals surface area contributed by atoms with Gasteiger partial charge < -0.3 is 20.0 Å². The van der Waals surface area contributed by atoms with Gasteiger partial charge in [0.05, 0.1) is 17.4 Å². The fourth-order valence-corrected chi connectivity index (χ4v) is 6.02. The summed E-state index contributed by atoms with van der Waals surface area (Å²) in [6, 6.07) is 24.5.